The van der Waals surface area contributed by atoms with Crippen LogP contribution in [0.15, 0.2) is 53.4 Å². The van der Waals surface area contributed by atoms with E-state index >= 15 is 0 Å². The molecule has 186 valence electrons. The lowest BCUT2D eigenvalue weighted by Crippen LogP contribution is -2.53. The largest absolute Gasteiger partial charge is 0.352 e. The van der Waals surface area contributed by atoms with Crippen molar-refractivity contribution < 1.29 is 18.0 Å². The van der Waals surface area contributed by atoms with Gasteiger partial charge < -0.3 is 10.2 Å². The predicted molar refractivity (Wildman–Crippen MR) is 135 cm³/mol. The Bertz CT molecular complexity index is 1070. The number of aryl methyl sites for hydroxylation is 1. The van der Waals surface area contributed by atoms with E-state index in [-0.39, 0.29) is 23.4 Å². The first kappa shape index (κ1) is 27.8. The zero-order valence-corrected chi connectivity index (χ0v) is 22.0. The van der Waals surface area contributed by atoms with Crippen molar-refractivity contribution in [3.8, 4) is 0 Å². The molecule has 0 bridgehead atoms. The Morgan fingerprint density at radius 3 is 2.12 bits per heavy atom. The highest BCUT2D eigenvalue weighted by molar-refractivity contribution is 7.89. The van der Waals surface area contributed by atoms with Gasteiger partial charge in [-0.1, -0.05) is 55.3 Å². The van der Waals surface area contributed by atoms with Crippen LogP contribution >= 0.6 is 11.6 Å². The summed E-state index contributed by atoms with van der Waals surface area (Å²) >= 11 is 5.99. The summed E-state index contributed by atoms with van der Waals surface area (Å²) in [5.74, 6) is -0.720. The van der Waals surface area contributed by atoms with Crippen molar-refractivity contribution >= 4 is 33.4 Å². The number of amides is 2. The van der Waals surface area contributed by atoms with Crippen LogP contribution in [0.5, 0.6) is 0 Å². The number of halogens is 1. The summed E-state index contributed by atoms with van der Waals surface area (Å²) in [6, 6.07) is 12.7. The van der Waals surface area contributed by atoms with E-state index in [1.165, 1.54) is 24.1 Å². The first-order valence-corrected chi connectivity index (χ1v) is 13.2. The molecule has 0 aliphatic carbocycles. The number of carbonyl (C=O) groups is 2. The molecule has 2 atom stereocenters. The van der Waals surface area contributed by atoms with Gasteiger partial charge in [0.15, 0.2) is 0 Å². The summed E-state index contributed by atoms with van der Waals surface area (Å²) in [5, 5.41) is 3.50. The Morgan fingerprint density at radius 1 is 1.00 bits per heavy atom. The summed E-state index contributed by atoms with van der Waals surface area (Å²) in [7, 11) is -2.50. The van der Waals surface area contributed by atoms with Gasteiger partial charge in [-0.25, -0.2) is 8.42 Å². The quantitative estimate of drug-likeness (QED) is 0.498. The number of likely N-dealkylation sites (N-methyl/N-ethyl adjacent to an activating group) is 1. The molecule has 2 amide bonds. The summed E-state index contributed by atoms with van der Waals surface area (Å²) in [5.41, 5.74) is 1.72. The highest BCUT2D eigenvalue weighted by Crippen LogP contribution is 2.18. The molecule has 0 heterocycles. The number of benzene rings is 2. The van der Waals surface area contributed by atoms with Crippen LogP contribution < -0.4 is 5.32 Å². The fourth-order valence-electron chi connectivity index (χ4n) is 3.40. The number of rotatable bonds is 11. The summed E-state index contributed by atoms with van der Waals surface area (Å²) in [6.45, 7) is 7.33. The fourth-order valence-corrected chi connectivity index (χ4v) is 4.65. The van der Waals surface area contributed by atoms with Gasteiger partial charge in [0.1, 0.15) is 6.04 Å². The van der Waals surface area contributed by atoms with Crippen molar-refractivity contribution in [3.63, 3.8) is 0 Å². The summed E-state index contributed by atoms with van der Waals surface area (Å²) < 4.78 is 27.1. The molecule has 34 heavy (non-hydrogen) atoms. The average molecular weight is 508 g/mol. The molecule has 2 aromatic carbocycles. The standard InChI is InChI=1S/C25H34ClN3O4S/c1-6-19(4)27-25(31)23(7-2)29(16-20-10-12-21(26)13-11-20)24(30)17-28(5)34(32,33)22-14-8-18(3)9-15-22/h8-15,19,23H,6-7,16-17H2,1-5H3,(H,27,31)/t19-,23+/m1/s1. The van der Waals surface area contributed by atoms with E-state index in [4.69, 9.17) is 11.6 Å². The lowest BCUT2D eigenvalue weighted by Gasteiger charge is -2.32. The second-order valence-corrected chi connectivity index (χ2v) is 10.9. The maximum Gasteiger partial charge on any atom is 0.243 e. The number of hydrogen-bond acceptors (Lipinski definition) is 4. The molecule has 0 aliphatic rings. The summed E-state index contributed by atoms with van der Waals surface area (Å²) in [4.78, 5) is 28.0. The van der Waals surface area contributed by atoms with Gasteiger partial charge in [0.05, 0.1) is 11.4 Å². The van der Waals surface area contributed by atoms with Gasteiger partial charge in [0, 0.05) is 24.7 Å². The number of nitrogens with one attached hydrogen (secondary N) is 1. The number of hydrogen-bond donors (Lipinski definition) is 1. The smallest absolute Gasteiger partial charge is 0.243 e. The molecular formula is C25H34ClN3O4S. The molecular weight excluding hydrogens is 474 g/mol. The Kier molecular flexibility index (Phi) is 10.1. The fraction of sp³-hybridized carbons (Fsp3) is 0.440. The van der Waals surface area contributed by atoms with Crippen LogP contribution in [0.1, 0.15) is 44.7 Å². The van der Waals surface area contributed by atoms with Crippen LogP contribution in [0.4, 0.5) is 0 Å². The minimum atomic E-state index is -3.87. The lowest BCUT2D eigenvalue weighted by atomic mass is 10.1. The lowest BCUT2D eigenvalue weighted by molar-refractivity contribution is -0.141. The second kappa shape index (κ2) is 12.3. The van der Waals surface area contributed by atoms with Gasteiger partial charge in [-0.05, 0) is 56.5 Å². The van der Waals surface area contributed by atoms with Gasteiger partial charge in [0.25, 0.3) is 0 Å². The normalized spacial score (nSPS) is 13.4. The van der Waals surface area contributed by atoms with Crippen LogP contribution in [0, 0.1) is 6.92 Å². The average Bonchev–Trinajstić information content (AvgIpc) is 2.80. The zero-order valence-electron chi connectivity index (χ0n) is 20.4. The molecule has 0 fully saturated rings. The Labute approximate surface area is 208 Å². The van der Waals surface area contributed by atoms with Crippen molar-refractivity contribution in [1.82, 2.24) is 14.5 Å². The van der Waals surface area contributed by atoms with E-state index in [0.717, 1.165) is 21.9 Å². The molecule has 7 nitrogen and oxygen atoms in total. The van der Waals surface area contributed by atoms with Crippen molar-refractivity contribution in [1.29, 1.82) is 0 Å². The molecule has 0 saturated carbocycles. The predicted octanol–water partition coefficient (Wildman–Crippen LogP) is 3.99. The van der Waals surface area contributed by atoms with Gasteiger partial charge in [-0.15, -0.1) is 0 Å². The van der Waals surface area contributed by atoms with Crippen LogP contribution in [-0.4, -0.2) is 55.1 Å². The Hall–Kier alpha value is -2.42. The van der Waals surface area contributed by atoms with E-state index in [2.05, 4.69) is 5.32 Å². The maximum atomic E-state index is 13.4. The molecule has 0 aliphatic heterocycles. The van der Waals surface area contributed by atoms with Gasteiger partial charge in [-0.3, -0.25) is 9.59 Å². The van der Waals surface area contributed by atoms with Crippen LogP contribution in [0.3, 0.4) is 0 Å². The third-order valence-electron chi connectivity index (χ3n) is 5.74. The first-order chi connectivity index (χ1) is 16.0. The molecule has 1 N–H and O–H groups in total. The van der Waals surface area contributed by atoms with E-state index in [1.807, 2.05) is 27.7 Å². The molecule has 0 aromatic heterocycles. The van der Waals surface area contributed by atoms with Crippen molar-refractivity contribution in [3.05, 3.63) is 64.7 Å². The molecule has 2 rings (SSSR count). The van der Waals surface area contributed by atoms with E-state index in [1.54, 1.807) is 36.4 Å². The highest BCUT2D eigenvalue weighted by atomic mass is 35.5. The van der Waals surface area contributed by atoms with Crippen LogP contribution in [0.25, 0.3) is 0 Å². The van der Waals surface area contributed by atoms with Gasteiger partial charge in [0.2, 0.25) is 21.8 Å². The molecule has 9 heteroatoms. The van der Waals surface area contributed by atoms with Crippen LogP contribution in [0.2, 0.25) is 5.02 Å². The number of nitrogens with zero attached hydrogens (tertiary/aromatic N) is 2. The summed E-state index contributed by atoms with van der Waals surface area (Å²) in [6.07, 6.45) is 1.14. The molecule has 0 spiro atoms. The van der Waals surface area contributed by atoms with Gasteiger partial charge in [-0.2, -0.15) is 4.31 Å². The highest BCUT2D eigenvalue weighted by Gasteiger charge is 2.32. The van der Waals surface area contributed by atoms with Crippen molar-refractivity contribution in [2.24, 2.45) is 0 Å². The molecule has 0 saturated heterocycles. The second-order valence-electron chi connectivity index (χ2n) is 8.46. The zero-order chi connectivity index (χ0) is 25.5. The molecule has 0 unspecified atom stereocenters. The first-order valence-electron chi connectivity index (χ1n) is 11.4. The third-order valence-corrected chi connectivity index (χ3v) is 7.81. The van der Waals surface area contributed by atoms with E-state index < -0.39 is 28.5 Å². The Balaban J connectivity index is 2.32. The maximum absolute atomic E-state index is 13.4. The van der Waals surface area contributed by atoms with Gasteiger partial charge >= 0.3 is 0 Å². The SMILES string of the molecule is CC[C@@H](C)NC(=O)[C@H](CC)N(Cc1ccc(Cl)cc1)C(=O)CN(C)S(=O)(=O)c1ccc(C)cc1. The topological polar surface area (TPSA) is 86.8 Å². The minimum Gasteiger partial charge on any atom is -0.352 e. The van der Waals surface area contributed by atoms with Crippen molar-refractivity contribution in [2.45, 2.75) is 64.1 Å². The van der Waals surface area contributed by atoms with E-state index in [0.29, 0.717) is 11.4 Å². The van der Waals surface area contributed by atoms with Crippen molar-refractivity contribution in [2.75, 3.05) is 13.6 Å². The van der Waals surface area contributed by atoms with E-state index in [9.17, 15) is 18.0 Å². The minimum absolute atomic E-state index is 0.0429. The number of carbonyl (C=O) groups excluding carboxylic acids is 2. The monoisotopic (exact) mass is 507 g/mol. The molecule has 2 aromatic rings. The number of sulfonamides is 1. The third kappa shape index (κ3) is 7.29. The van der Waals surface area contributed by atoms with Crippen LogP contribution in [-0.2, 0) is 26.2 Å². The molecule has 0 radical (unpaired) electrons. The Morgan fingerprint density at radius 2 is 1.59 bits per heavy atom.